The van der Waals surface area contributed by atoms with Crippen LogP contribution in [0.2, 0.25) is 0 Å². The standard InChI is InChI=1S/C13H21N3O3/c1-3-7-19-11-4-6-14-12(16-11)15-9-13(17-2)5-8-18-10-13/h4,6H,3,5,7-10H2,1-2H3,(H,14,15,16). The van der Waals surface area contributed by atoms with E-state index in [1.165, 1.54) is 0 Å². The number of aromatic nitrogens is 2. The Labute approximate surface area is 113 Å². The second-order valence-corrected chi connectivity index (χ2v) is 4.61. The molecule has 0 radical (unpaired) electrons. The van der Waals surface area contributed by atoms with Crippen LogP contribution in [0.15, 0.2) is 12.3 Å². The summed E-state index contributed by atoms with van der Waals surface area (Å²) < 4.78 is 16.4. The van der Waals surface area contributed by atoms with Crippen LogP contribution in [-0.4, -0.2) is 49.0 Å². The molecule has 0 saturated carbocycles. The summed E-state index contributed by atoms with van der Waals surface area (Å²) in [6.45, 7) is 4.67. The summed E-state index contributed by atoms with van der Waals surface area (Å²) in [5.74, 6) is 1.14. The van der Waals surface area contributed by atoms with Crippen LogP contribution in [0.3, 0.4) is 0 Å². The Morgan fingerprint density at radius 3 is 3.11 bits per heavy atom. The molecule has 19 heavy (non-hydrogen) atoms. The first kappa shape index (κ1) is 14.0. The fourth-order valence-corrected chi connectivity index (χ4v) is 1.92. The summed E-state index contributed by atoms with van der Waals surface area (Å²) in [7, 11) is 1.71. The number of rotatable bonds is 7. The Kier molecular flexibility index (Phi) is 4.93. The second-order valence-electron chi connectivity index (χ2n) is 4.61. The fraction of sp³-hybridized carbons (Fsp3) is 0.692. The lowest BCUT2D eigenvalue weighted by Crippen LogP contribution is -2.39. The Balaban J connectivity index is 1.91. The van der Waals surface area contributed by atoms with E-state index in [2.05, 4.69) is 22.2 Å². The van der Waals surface area contributed by atoms with Crippen molar-refractivity contribution in [2.45, 2.75) is 25.4 Å². The Morgan fingerprint density at radius 2 is 2.42 bits per heavy atom. The molecule has 1 aromatic rings. The molecule has 6 heteroatoms. The zero-order chi connectivity index (χ0) is 13.6. The molecule has 1 saturated heterocycles. The molecular weight excluding hydrogens is 246 g/mol. The molecule has 0 amide bonds. The van der Waals surface area contributed by atoms with Crippen LogP contribution in [0, 0.1) is 0 Å². The molecule has 106 valence electrons. The maximum atomic E-state index is 5.54. The number of hydrogen-bond donors (Lipinski definition) is 1. The number of methoxy groups -OCH3 is 1. The molecule has 0 aromatic carbocycles. The summed E-state index contributed by atoms with van der Waals surface area (Å²) in [5, 5.41) is 3.19. The number of ether oxygens (including phenoxy) is 3. The molecule has 2 heterocycles. The van der Waals surface area contributed by atoms with Crippen molar-refractivity contribution in [3.63, 3.8) is 0 Å². The quantitative estimate of drug-likeness (QED) is 0.807. The molecule has 1 fully saturated rings. The van der Waals surface area contributed by atoms with Gasteiger partial charge >= 0.3 is 0 Å². The molecule has 0 spiro atoms. The van der Waals surface area contributed by atoms with Crippen LogP contribution in [0.4, 0.5) is 5.95 Å². The normalized spacial score (nSPS) is 22.4. The highest BCUT2D eigenvalue weighted by atomic mass is 16.5. The third kappa shape index (κ3) is 3.78. The van der Waals surface area contributed by atoms with E-state index >= 15 is 0 Å². The Morgan fingerprint density at radius 1 is 1.53 bits per heavy atom. The van der Waals surface area contributed by atoms with Crippen molar-refractivity contribution < 1.29 is 14.2 Å². The molecule has 1 aliphatic heterocycles. The highest BCUT2D eigenvalue weighted by Gasteiger charge is 2.34. The van der Waals surface area contributed by atoms with E-state index < -0.39 is 0 Å². The third-order valence-corrected chi connectivity index (χ3v) is 3.15. The van der Waals surface area contributed by atoms with Crippen molar-refractivity contribution >= 4 is 5.95 Å². The topological polar surface area (TPSA) is 65.5 Å². The lowest BCUT2D eigenvalue weighted by atomic mass is 10.0. The average Bonchev–Trinajstić information content (AvgIpc) is 2.93. The molecule has 1 N–H and O–H groups in total. The predicted molar refractivity (Wildman–Crippen MR) is 71.5 cm³/mol. The van der Waals surface area contributed by atoms with E-state index in [1.54, 1.807) is 19.4 Å². The average molecular weight is 267 g/mol. The van der Waals surface area contributed by atoms with Gasteiger partial charge in [0.05, 0.1) is 13.2 Å². The Hall–Kier alpha value is -1.40. The van der Waals surface area contributed by atoms with E-state index in [0.717, 1.165) is 19.4 Å². The van der Waals surface area contributed by atoms with Gasteiger partial charge in [0.1, 0.15) is 5.60 Å². The lowest BCUT2D eigenvalue weighted by molar-refractivity contribution is -0.00632. The minimum absolute atomic E-state index is 0.274. The highest BCUT2D eigenvalue weighted by Crippen LogP contribution is 2.22. The van der Waals surface area contributed by atoms with Gasteiger partial charge in [0, 0.05) is 38.9 Å². The van der Waals surface area contributed by atoms with Crippen LogP contribution >= 0.6 is 0 Å². The van der Waals surface area contributed by atoms with Gasteiger partial charge in [-0.15, -0.1) is 0 Å². The third-order valence-electron chi connectivity index (χ3n) is 3.15. The zero-order valence-corrected chi connectivity index (χ0v) is 11.5. The van der Waals surface area contributed by atoms with Crippen LogP contribution in [0.1, 0.15) is 19.8 Å². The van der Waals surface area contributed by atoms with Gasteiger partial charge < -0.3 is 19.5 Å². The Bertz CT molecular complexity index is 394. The number of hydrogen-bond acceptors (Lipinski definition) is 6. The van der Waals surface area contributed by atoms with E-state index in [0.29, 0.717) is 31.6 Å². The molecule has 1 aliphatic rings. The summed E-state index contributed by atoms with van der Waals surface area (Å²) in [6, 6.07) is 1.76. The number of anilines is 1. The highest BCUT2D eigenvalue weighted by molar-refractivity contribution is 5.28. The van der Waals surface area contributed by atoms with Crippen molar-refractivity contribution in [2.75, 3.05) is 38.8 Å². The van der Waals surface area contributed by atoms with Gasteiger partial charge in [-0.2, -0.15) is 4.98 Å². The van der Waals surface area contributed by atoms with Gasteiger partial charge in [-0.3, -0.25) is 0 Å². The van der Waals surface area contributed by atoms with Crippen molar-refractivity contribution in [1.82, 2.24) is 9.97 Å². The number of nitrogens with zero attached hydrogens (tertiary/aromatic N) is 2. The van der Waals surface area contributed by atoms with E-state index in [-0.39, 0.29) is 5.60 Å². The monoisotopic (exact) mass is 267 g/mol. The first-order valence-electron chi connectivity index (χ1n) is 6.60. The molecule has 1 atom stereocenters. The molecule has 1 unspecified atom stereocenters. The SMILES string of the molecule is CCCOc1ccnc(NCC2(OC)CCOC2)n1. The van der Waals surface area contributed by atoms with Gasteiger partial charge in [0.15, 0.2) is 0 Å². The maximum Gasteiger partial charge on any atom is 0.226 e. The smallest absolute Gasteiger partial charge is 0.226 e. The van der Waals surface area contributed by atoms with Gasteiger partial charge in [0.25, 0.3) is 0 Å². The lowest BCUT2D eigenvalue weighted by Gasteiger charge is -2.25. The molecule has 2 rings (SSSR count). The van der Waals surface area contributed by atoms with E-state index in [1.807, 2.05) is 0 Å². The van der Waals surface area contributed by atoms with Gasteiger partial charge in [-0.25, -0.2) is 4.98 Å². The number of nitrogens with one attached hydrogen (secondary N) is 1. The fourth-order valence-electron chi connectivity index (χ4n) is 1.92. The van der Waals surface area contributed by atoms with Crippen LogP contribution in [0.5, 0.6) is 5.88 Å². The van der Waals surface area contributed by atoms with Crippen molar-refractivity contribution in [1.29, 1.82) is 0 Å². The van der Waals surface area contributed by atoms with Crippen molar-refractivity contribution in [2.24, 2.45) is 0 Å². The maximum absolute atomic E-state index is 5.54. The first-order chi connectivity index (χ1) is 9.28. The van der Waals surface area contributed by atoms with Crippen molar-refractivity contribution in [3.8, 4) is 5.88 Å². The summed E-state index contributed by atoms with van der Waals surface area (Å²) >= 11 is 0. The minimum Gasteiger partial charge on any atom is -0.478 e. The van der Waals surface area contributed by atoms with Gasteiger partial charge in [-0.1, -0.05) is 6.92 Å². The van der Waals surface area contributed by atoms with Crippen LogP contribution in [0.25, 0.3) is 0 Å². The van der Waals surface area contributed by atoms with E-state index in [9.17, 15) is 0 Å². The molecule has 0 aliphatic carbocycles. The molecule has 6 nitrogen and oxygen atoms in total. The minimum atomic E-state index is -0.274. The second kappa shape index (κ2) is 6.68. The van der Waals surface area contributed by atoms with E-state index in [4.69, 9.17) is 14.2 Å². The van der Waals surface area contributed by atoms with Crippen LogP contribution in [-0.2, 0) is 9.47 Å². The summed E-state index contributed by atoms with van der Waals surface area (Å²) in [5.41, 5.74) is -0.274. The molecule has 0 bridgehead atoms. The largest absolute Gasteiger partial charge is 0.478 e. The predicted octanol–water partition coefficient (Wildman–Crippen LogP) is 1.48. The first-order valence-corrected chi connectivity index (χ1v) is 6.60. The summed E-state index contributed by atoms with van der Waals surface area (Å²) in [4.78, 5) is 8.47. The summed E-state index contributed by atoms with van der Waals surface area (Å²) in [6.07, 6.45) is 3.52. The van der Waals surface area contributed by atoms with Crippen LogP contribution < -0.4 is 10.1 Å². The van der Waals surface area contributed by atoms with Gasteiger partial charge in [-0.05, 0) is 6.42 Å². The molecule has 1 aromatic heterocycles. The van der Waals surface area contributed by atoms with Crippen molar-refractivity contribution in [3.05, 3.63) is 12.3 Å². The zero-order valence-electron chi connectivity index (χ0n) is 11.5. The molecular formula is C13H21N3O3. The van der Waals surface area contributed by atoms with Gasteiger partial charge in [0.2, 0.25) is 11.8 Å².